The van der Waals surface area contributed by atoms with Crippen LogP contribution in [0.25, 0.3) is 0 Å². The van der Waals surface area contributed by atoms with Gasteiger partial charge in [0, 0.05) is 11.0 Å². The van der Waals surface area contributed by atoms with Gasteiger partial charge in [0.25, 0.3) is 0 Å². The Labute approximate surface area is 93.8 Å². The van der Waals surface area contributed by atoms with Crippen molar-refractivity contribution in [2.75, 3.05) is 6.54 Å². The van der Waals surface area contributed by atoms with Crippen LogP contribution in [0.2, 0.25) is 0 Å². The van der Waals surface area contributed by atoms with E-state index in [0.29, 0.717) is 17.4 Å². The van der Waals surface area contributed by atoms with Gasteiger partial charge in [0.15, 0.2) is 0 Å². The van der Waals surface area contributed by atoms with Crippen molar-refractivity contribution in [2.45, 2.75) is 19.1 Å². The molecule has 1 aliphatic rings. The summed E-state index contributed by atoms with van der Waals surface area (Å²) in [5, 5.41) is 3.13. The molecular weight excluding hydrogens is 271 g/mol. The highest BCUT2D eigenvalue weighted by Gasteiger charge is 2.32. The SMILES string of the molecule is FC(F)(F)c1cc(Br)c2c(c1)CCNC2. The summed E-state index contributed by atoms with van der Waals surface area (Å²) in [5.41, 5.74) is 1.15. The third-order valence-corrected chi connectivity index (χ3v) is 3.20. The fourth-order valence-corrected chi connectivity index (χ4v) is 2.36. The number of nitrogens with one attached hydrogen (secondary N) is 1. The van der Waals surface area contributed by atoms with Crippen molar-refractivity contribution in [1.29, 1.82) is 0 Å². The van der Waals surface area contributed by atoms with E-state index in [2.05, 4.69) is 21.2 Å². The molecule has 15 heavy (non-hydrogen) atoms. The number of hydrogen-bond acceptors (Lipinski definition) is 1. The summed E-state index contributed by atoms with van der Waals surface area (Å²) in [6.45, 7) is 1.37. The lowest BCUT2D eigenvalue weighted by Gasteiger charge is -2.20. The van der Waals surface area contributed by atoms with Crippen molar-refractivity contribution in [3.8, 4) is 0 Å². The van der Waals surface area contributed by atoms with Gasteiger partial charge in [0.2, 0.25) is 0 Å². The highest BCUT2D eigenvalue weighted by Crippen LogP contribution is 2.34. The molecule has 5 heteroatoms. The number of alkyl halides is 3. The predicted molar refractivity (Wildman–Crippen MR) is 54.6 cm³/mol. The maximum atomic E-state index is 12.5. The highest BCUT2D eigenvalue weighted by molar-refractivity contribution is 9.10. The number of hydrogen-bond donors (Lipinski definition) is 1. The molecular formula is C10H9BrF3N. The molecule has 0 saturated heterocycles. The molecule has 0 atom stereocenters. The first-order valence-electron chi connectivity index (χ1n) is 4.57. The molecule has 1 N–H and O–H groups in total. The average molecular weight is 280 g/mol. The number of fused-ring (bicyclic) bond motifs is 1. The lowest BCUT2D eigenvalue weighted by Crippen LogP contribution is -2.24. The second-order valence-electron chi connectivity index (χ2n) is 3.52. The molecule has 82 valence electrons. The number of rotatable bonds is 0. The molecule has 1 aromatic carbocycles. The van der Waals surface area contributed by atoms with Crippen molar-refractivity contribution in [2.24, 2.45) is 0 Å². The van der Waals surface area contributed by atoms with Gasteiger partial charge in [-0.1, -0.05) is 15.9 Å². The monoisotopic (exact) mass is 279 g/mol. The fraction of sp³-hybridized carbons (Fsp3) is 0.400. The summed E-state index contributed by atoms with van der Waals surface area (Å²) in [5.74, 6) is 0. The maximum Gasteiger partial charge on any atom is 0.416 e. The molecule has 0 saturated carbocycles. The molecule has 0 aliphatic carbocycles. The van der Waals surface area contributed by atoms with Gasteiger partial charge in [-0.05, 0) is 36.2 Å². The zero-order chi connectivity index (χ0) is 11.1. The first kappa shape index (κ1) is 11.0. The minimum atomic E-state index is -4.26. The second-order valence-corrected chi connectivity index (χ2v) is 4.37. The minimum Gasteiger partial charge on any atom is -0.312 e. The van der Waals surface area contributed by atoms with Gasteiger partial charge in [-0.2, -0.15) is 13.2 Å². The Kier molecular flexibility index (Phi) is 2.77. The summed E-state index contributed by atoms with van der Waals surface area (Å²) >= 11 is 3.19. The van der Waals surface area contributed by atoms with E-state index in [9.17, 15) is 13.2 Å². The highest BCUT2D eigenvalue weighted by atomic mass is 79.9. The smallest absolute Gasteiger partial charge is 0.312 e. The molecule has 1 heterocycles. The van der Waals surface area contributed by atoms with Crippen LogP contribution in [0.1, 0.15) is 16.7 Å². The largest absolute Gasteiger partial charge is 0.416 e. The third-order valence-electron chi connectivity index (χ3n) is 2.49. The minimum absolute atomic E-state index is 0.541. The maximum absolute atomic E-state index is 12.5. The van der Waals surface area contributed by atoms with E-state index in [-0.39, 0.29) is 0 Å². The Balaban J connectivity index is 2.50. The van der Waals surface area contributed by atoms with E-state index in [1.165, 1.54) is 6.07 Å². The summed E-state index contributed by atoms with van der Waals surface area (Å²) in [6.07, 6.45) is -3.61. The van der Waals surface area contributed by atoms with E-state index in [1.54, 1.807) is 0 Å². The lowest BCUT2D eigenvalue weighted by molar-refractivity contribution is -0.137. The van der Waals surface area contributed by atoms with Crippen molar-refractivity contribution >= 4 is 15.9 Å². The normalized spacial score (nSPS) is 16.3. The van der Waals surface area contributed by atoms with E-state index >= 15 is 0 Å². The molecule has 0 unspecified atom stereocenters. The molecule has 0 fully saturated rings. The third kappa shape index (κ3) is 2.18. The predicted octanol–water partition coefficient (Wildman–Crippen LogP) is 3.11. The van der Waals surface area contributed by atoms with Gasteiger partial charge in [0.05, 0.1) is 5.56 Å². The molecule has 0 amide bonds. The van der Waals surface area contributed by atoms with Gasteiger partial charge >= 0.3 is 6.18 Å². The van der Waals surface area contributed by atoms with Crippen molar-refractivity contribution in [3.63, 3.8) is 0 Å². The Morgan fingerprint density at radius 2 is 2.00 bits per heavy atom. The summed E-state index contributed by atoms with van der Waals surface area (Å²) < 4.78 is 38.0. The molecule has 1 nitrogen and oxygen atoms in total. The Morgan fingerprint density at radius 3 is 2.67 bits per heavy atom. The van der Waals surface area contributed by atoms with E-state index < -0.39 is 11.7 Å². The van der Waals surface area contributed by atoms with Crippen LogP contribution < -0.4 is 5.32 Å². The van der Waals surface area contributed by atoms with Crippen LogP contribution in [0, 0.1) is 0 Å². The van der Waals surface area contributed by atoms with Crippen LogP contribution in [0.3, 0.4) is 0 Å². The number of halogens is 4. The van der Waals surface area contributed by atoms with Gasteiger partial charge < -0.3 is 5.32 Å². The van der Waals surface area contributed by atoms with Crippen LogP contribution in [-0.2, 0) is 19.1 Å². The summed E-state index contributed by atoms with van der Waals surface area (Å²) in [6, 6.07) is 2.40. The van der Waals surface area contributed by atoms with Crippen molar-refractivity contribution < 1.29 is 13.2 Å². The van der Waals surface area contributed by atoms with Crippen LogP contribution in [0.15, 0.2) is 16.6 Å². The summed E-state index contributed by atoms with van der Waals surface area (Å²) in [4.78, 5) is 0. The Morgan fingerprint density at radius 1 is 1.27 bits per heavy atom. The van der Waals surface area contributed by atoms with Crippen LogP contribution in [-0.4, -0.2) is 6.54 Å². The molecule has 2 rings (SSSR count). The van der Waals surface area contributed by atoms with Crippen LogP contribution in [0.4, 0.5) is 13.2 Å². The molecule has 0 radical (unpaired) electrons. The van der Waals surface area contributed by atoms with Gasteiger partial charge in [-0.3, -0.25) is 0 Å². The van der Waals surface area contributed by atoms with Crippen molar-refractivity contribution in [1.82, 2.24) is 5.32 Å². The fourth-order valence-electron chi connectivity index (χ4n) is 1.71. The Bertz CT molecular complexity index is 387. The van der Waals surface area contributed by atoms with E-state index in [4.69, 9.17) is 0 Å². The Hall–Kier alpha value is -0.550. The quantitative estimate of drug-likeness (QED) is 0.770. The molecule has 1 aromatic rings. The van der Waals surface area contributed by atoms with Crippen LogP contribution in [0.5, 0.6) is 0 Å². The molecule has 0 spiro atoms. The standard InChI is InChI=1S/C10H9BrF3N/c11-9-4-7(10(12,13)14)3-6-1-2-15-5-8(6)9/h3-4,15H,1-2,5H2. The summed E-state index contributed by atoms with van der Waals surface area (Å²) in [7, 11) is 0. The number of benzene rings is 1. The van der Waals surface area contributed by atoms with Gasteiger partial charge in [-0.25, -0.2) is 0 Å². The lowest BCUT2D eigenvalue weighted by atomic mass is 9.98. The van der Waals surface area contributed by atoms with Crippen LogP contribution >= 0.6 is 15.9 Å². The molecule has 1 aliphatic heterocycles. The van der Waals surface area contributed by atoms with Gasteiger partial charge in [-0.15, -0.1) is 0 Å². The first-order valence-corrected chi connectivity index (χ1v) is 5.37. The zero-order valence-corrected chi connectivity index (χ0v) is 9.37. The topological polar surface area (TPSA) is 12.0 Å². The molecule has 0 bridgehead atoms. The first-order chi connectivity index (χ1) is 6.98. The zero-order valence-electron chi connectivity index (χ0n) is 7.79. The second kappa shape index (κ2) is 3.79. The average Bonchev–Trinajstić information content (AvgIpc) is 2.16. The van der Waals surface area contributed by atoms with Gasteiger partial charge in [0.1, 0.15) is 0 Å². The van der Waals surface area contributed by atoms with Crippen molar-refractivity contribution in [3.05, 3.63) is 33.3 Å². The molecule has 0 aromatic heterocycles. The van der Waals surface area contributed by atoms with E-state index in [0.717, 1.165) is 23.7 Å². The van der Waals surface area contributed by atoms with E-state index in [1.807, 2.05) is 0 Å².